The van der Waals surface area contributed by atoms with Crippen LogP contribution in [0.1, 0.15) is 43.7 Å². The Kier molecular flexibility index (Phi) is 4.65. The Labute approximate surface area is 142 Å². The van der Waals surface area contributed by atoms with Crippen molar-refractivity contribution in [2.45, 2.75) is 39.2 Å². The first-order chi connectivity index (χ1) is 11.5. The van der Waals surface area contributed by atoms with Gasteiger partial charge in [-0.3, -0.25) is 0 Å². The maximum Gasteiger partial charge on any atom is 0.235 e. The average Bonchev–Trinajstić information content (AvgIpc) is 3.01. The van der Waals surface area contributed by atoms with E-state index in [1.165, 1.54) is 11.1 Å². The summed E-state index contributed by atoms with van der Waals surface area (Å²) in [6.45, 7) is 7.16. The summed E-state index contributed by atoms with van der Waals surface area (Å²) in [4.78, 5) is 0. The van der Waals surface area contributed by atoms with Gasteiger partial charge >= 0.3 is 0 Å². The lowest BCUT2D eigenvalue weighted by atomic mass is 9.87. The number of rotatable bonds is 5. The monoisotopic (exact) mass is 321 g/mol. The summed E-state index contributed by atoms with van der Waals surface area (Å²) in [7, 11) is 0. The molecule has 0 bridgehead atoms. The van der Waals surface area contributed by atoms with Crippen molar-refractivity contribution in [3.63, 3.8) is 0 Å². The largest absolute Gasteiger partial charge is 0.423 e. The standard InChI is InChI=1S/C20H23N3O/c1-20(2,3)16-9-11-17(12-10-16)21-14-19-23-22-18(24-19)13-15-7-5-4-6-8-15/h4-12,21H,13-14H2,1-3H3. The zero-order valence-electron chi connectivity index (χ0n) is 14.4. The van der Waals surface area contributed by atoms with E-state index in [9.17, 15) is 0 Å². The van der Waals surface area contributed by atoms with Crippen molar-refractivity contribution in [2.75, 3.05) is 5.32 Å². The van der Waals surface area contributed by atoms with Gasteiger partial charge in [-0.2, -0.15) is 0 Å². The number of nitrogens with zero attached hydrogens (tertiary/aromatic N) is 2. The predicted molar refractivity (Wildman–Crippen MR) is 96.0 cm³/mol. The molecule has 0 spiro atoms. The van der Waals surface area contributed by atoms with E-state index in [1.54, 1.807) is 0 Å². The van der Waals surface area contributed by atoms with Gasteiger partial charge in [-0.05, 0) is 28.7 Å². The molecular formula is C20H23N3O. The zero-order valence-corrected chi connectivity index (χ0v) is 14.4. The van der Waals surface area contributed by atoms with Gasteiger partial charge in [-0.15, -0.1) is 10.2 Å². The Bertz CT molecular complexity index is 771. The molecule has 0 amide bonds. The summed E-state index contributed by atoms with van der Waals surface area (Å²) in [5.74, 6) is 1.24. The van der Waals surface area contributed by atoms with Gasteiger partial charge in [0.25, 0.3) is 0 Å². The molecule has 0 saturated heterocycles. The third-order valence-corrected chi connectivity index (χ3v) is 3.90. The lowest BCUT2D eigenvalue weighted by Crippen LogP contribution is -2.10. The van der Waals surface area contributed by atoms with Crippen LogP contribution in [0.3, 0.4) is 0 Å². The molecule has 4 heteroatoms. The molecule has 1 heterocycles. The molecule has 0 aliphatic heterocycles. The number of nitrogens with one attached hydrogen (secondary N) is 1. The minimum Gasteiger partial charge on any atom is -0.423 e. The maximum absolute atomic E-state index is 5.70. The fourth-order valence-electron chi connectivity index (χ4n) is 2.47. The molecule has 4 nitrogen and oxygen atoms in total. The van der Waals surface area contributed by atoms with E-state index in [-0.39, 0.29) is 5.41 Å². The van der Waals surface area contributed by atoms with Crippen molar-refractivity contribution in [3.05, 3.63) is 77.5 Å². The van der Waals surface area contributed by atoms with Crippen LogP contribution in [0.25, 0.3) is 0 Å². The topological polar surface area (TPSA) is 51.0 Å². The second-order valence-electron chi connectivity index (χ2n) is 6.93. The van der Waals surface area contributed by atoms with E-state index in [0.29, 0.717) is 24.7 Å². The van der Waals surface area contributed by atoms with Crippen LogP contribution in [0, 0.1) is 0 Å². The molecule has 0 aliphatic rings. The number of aromatic nitrogens is 2. The first kappa shape index (κ1) is 16.2. The maximum atomic E-state index is 5.70. The van der Waals surface area contributed by atoms with Crippen molar-refractivity contribution < 1.29 is 4.42 Å². The molecule has 2 aromatic carbocycles. The molecule has 3 aromatic rings. The fourth-order valence-corrected chi connectivity index (χ4v) is 2.47. The number of anilines is 1. The Morgan fingerprint density at radius 2 is 1.54 bits per heavy atom. The Morgan fingerprint density at radius 1 is 0.875 bits per heavy atom. The van der Waals surface area contributed by atoms with Gasteiger partial charge in [0.2, 0.25) is 11.8 Å². The van der Waals surface area contributed by atoms with Gasteiger partial charge in [-0.25, -0.2) is 0 Å². The summed E-state index contributed by atoms with van der Waals surface area (Å²) in [5, 5.41) is 11.5. The quantitative estimate of drug-likeness (QED) is 0.748. The lowest BCUT2D eigenvalue weighted by molar-refractivity contribution is 0.464. The highest BCUT2D eigenvalue weighted by Crippen LogP contribution is 2.23. The number of benzene rings is 2. The SMILES string of the molecule is CC(C)(C)c1ccc(NCc2nnc(Cc3ccccc3)o2)cc1. The van der Waals surface area contributed by atoms with Crippen LogP contribution in [0.4, 0.5) is 5.69 Å². The Morgan fingerprint density at radius 3 is 2.21 bits per heavy atom. The van der Waals surface area contributed by atoms with Crippen LogP contribution in [0.15, 0.2) is 59.0 Å². The van der Waals surface area contributed by atoms with Crippen LogP contribution < -0.4 is 5.32 Å². The zero-order chi connectivity index (χ0) is 17.0. The van der Waals surface area contributed by atoms with Crippen molar-refractivity contribution in [1.29, 1.82) is 0 Å². The van der Waals surface area contributed by atoms with Crippen LogP contribution in [-0.2, 0) is 18.4 Å². The van der Waals surface area contributed by atoms with Crippen LogP contribution in [-0.4, -0.2) is 10.2 Å². The normalized spacial score (nSPS) is 11.5. The molecule has 0 fully saturated rings. The molecule has 0 atom stereocenters. The summed E-state index contributed by atoms with van der Waals surface area (Å²) in [6, 6.07) is 18.6. The molecular weight excluding hydrogens is 298 g/mol. The molecule has 3 rings (SSSR count). The van der Waals surface area contributed by atoms with E-state index in [1.807, 2.05) is 18.2 Å². The molecule has 1 N–H and O–H groups in total. The summed E-state index contributed by atoms with van der Waals surface area (Å²) in [5.41, 5.74) is 3.69. The third kappa shape index (κ3) is 4.22. The lowest BCUT2D eigenvalue weighted by Gasteiger charge is -2.19. The Balaban J connectivity index is 1.57. The van der Waals surface area contributed by atoms with Crippen LogP contribution in [0.2, 0.25) is 0 Å². The molecule has 0 unspecified atom stereocenters. The Hall–Kier alpha value is -2.62. The minimum atomic E-state index is 0.164. The molecule has 124 valence electrons. The van der Waals surface area contributed by atoms with E-state index in [0.717, 1.165) is 5.69 Å². The highest BCUT2D eigenvalue weighted by molar-refractivity contribution is 5.45. The molecule has 0 radical (unpaired) electrons. The molecule has 0 aliphatic carbocycles. The summed E-state index contributed by atoms with van der Waals surface area (Å²) >= 11 is 0. The highest BCUT2D eigenvalue weighted by Gasteiger charge is 2.13. The second kappa shape index (κ2) is 6.87. The average molecular weight is 321 g/mol. The summed E-state index contributed by atoms with van der Waals surface area (Å²) < 4.78 is 5.70. The first-order valence-electron chi connectivity index (χ1n) is 8.20. The predicted octanol–water partition coefficient (Wildman–Crippen LogP) is 4.57. The van der Waals surface area contributed by atoms with E-state index >= 15 is 0 Å². The van der Waals surface area contributed by atoms with Crippen molar-refractivity contribution in [3.8, 4) is 0 Å². The summed E-state index contributed by atoms with van der Waals surface area (Å²) in [6.07, 6.45) is 0.661. The number of hydrogen-bond donors (Lipinski definition) is 1. The van der Waals surface area contributed by atoms with Gasteiger partial charge in [0.1, 0.15) is 0 Å². The van der Waals surface area contributed by atoms with Crippen molar-refractivity contribution in [1.82, 2.24) is 10.2 Å². The van der Waals surface area contributed by atoms with Crippen molar-refractivity contribution in [2.24, 2.45) is 0 Å². The number of hydrogen-bond acceptors (Lipinski definition) is 4. The van der Waals surface area contributed by atoms with Gasteiger partial charge in [-0.1, -0.05) is 63.2 Å². The van der Waals surface area contributed by atoms with Crippen molar-refractivity contribution >= 4 is 5.69 Å². The van der Waals surface area contributed by atoms with Gasteiger partial charge in [0, 0.05) is 5.69 Å². The highest BCUT2D eigenvalue weighted by atomic mass is 16.4. The molecule has 24 heavy (non-hydrogen) atoms. The van der Waals surface area contributed by atoms with Crippen LogP contribution in [0.5, 0.6) is 0 Å². The molecule has 1 aromatic heterocycles. The van der Waals surface area contributed by atoms with Gasteiger partial charge in [0.15, 0.2) is 0 Å². The van der Waals surface area contributed by atoms with E-state index < -0.39 is 0 Å². The van der Waals surface area contributed by atoms with E-state index in [4.69, 9.17) is 4.42 Å². The second-order valence-corrected chi connectivity index (χ2v) is 6.93. The smallest absolute Gasteiger partial charge is 0.235 e. The fraction of sp³-hybridized carbons (Fsp3) is 0.300. The third-order valence-electron chi connectivity index (χ3n) is 3.90. The minimum absolute atomic E-state index is 0.164. The first-order valence-corrected chi connectivity index (χ1v) is 8.20. The molecule has 0 saturated carbocycles. The van der Waals surface area contributed by atoms with E-state index in [2.05, 4.69) is 72.7 Å². The van der Waals surface area contributed by atoms with Gasteiger partial charge < -0.3 is 9.73 Å². The van der Waals surface area contributed by atoms with Crippen LogP contribution >= 0.6 is 0 Å². The van der Waals surface area contributed by atoms with Gasteiger partial charge in [0.05, 0.1) is 13.0 Å².